The minimum absolute atomic E-state index is 0.710. The molecule has 98 valence electrons. The van der Waals surface area contributed by atoms with Crippen LogP contribution in [0.3, 0.4) is 0 Å². The van der Waals surface area contributed by atoms with Crippen molar-refractivity contribution < 1.29 is 0 Å². The topological polar surface area (TPSA) is 12.0 Å². The van der Waals surface area contributed by atoms with E-state index in [1.165, 1.54) is 52.9 Å². The second kappa shape index (κ2) is 5.98. The molecule has 0 aromatic heterocycles. The van der Waals surface area contributed by atoms with Crippen LogP contribution in [-0.2, 0) is 0 Å². The molecule has 2 unspecified atom stereocenters. The van der Waals surface area contributed by atoms with E-state index in [4.69, 9.17) is 0 Å². The van der Waals surface area contributed by atoms with Crippen LogP contribution in [0.5, 0.6) is 0 Å². The molecule has 0 spiro atoms. The highest BCUT2D eigenvalue weighted by Gasteiger charge is 2.21. The van der Waals surface area contributed by atoms with Gasteiger partial charge in [-0.2, -0.15) is 11.8 Å². The van der Waals surface area contributed by atoms with Crippen LogP contribution in [0.1, 0.15) is 42.2 Å². The second-order valence-corrected chi connectivity index (χ2v) is 7.39. The number of hydrogen-bond donors (Lipinski definition) is 1. The molecule has 0 amide bonds. The number of nitrogens with one attached hydrogen (secondary N) is 1. The molecular weight excluding hydrogens is 306 g/mol. The number of halogens is 1. The largest absolute Gasteiger partial charge is 0.316 e. The number of thioether (sulfide) groups is 1. The Morgan fingerprint density at radius 2 is 2.17 bits per heavy atom. The van der Waals surface area contributed by atoms with Gasteiger partial charge >= 0.3 is 0 Å². The zero-order chi connectivity index (χ0) is 12.4. The molecule has 1 nitrogen and oxygen atoms in total. The third-order valence-electron chi connectivity index (χ3n) is 4.16. The van der Waals surface area contributed by atoms with Gasteiger partial charge in [0.25, 0.3) is 0 Å². The van der Waals surface area contributed by atoms with Crippen LogP contribution in [0, 0.1) is 0 Å². The molecule has 2 aliphatic heterocycles. The van der Waals surface area contributed by atoms with Crippen molar-refractivity contribution in [2.75, 3.05) is 24.6 Å². The zero-order valence-electron chi connectivity index (χ0n) is 10.6. The van der Waals surface area contributed by atoms with E-state index in [1.807, 2.05) is 0 Å². The summed E-state index contributed by atoms with van der Waals surface area (Å²) < 4.78 is 1.33. The Hall–Kier alpha value is 0.01000. The first-order valence-electron chi connectivity index (χ1n) is 6.92. The molecule has 2 atom stereocenters. The lowest BCUT2D eigenvalue weighted by molar-refractivity contribution is 0.461. The van der Waals surface area contributed by atoms with E-state index in [9.17, 15) is 0 Å². The molecule has 0 bridgehead atoms. The predicted molar refractivity (Wildman–Crippen MR) is 83.7 cm³/mol. The predicted octanol–water partition coefficient (Wildman–Crippen LogP) is 4.14. The molecule has 1 aromatic rings. The summed E-state index contributed by atoms with van der Waals surface area (Å²) in [4.78, 5) is 0. The van der Waals surface area contributed by atoms with E-state index in [2.05, 4.69) is 51.2 Å². The van der Waals surface area contributed by atoms with Crippen molar-refractivity contribution in [3.05, 3.63) is 33.8 Å². The molecule has 1 N–H and O–H groups in total. The molecule has 0 radical (unpaired) electrons. The summed E-state index contributed by atoms with van der Waals surface area (Å²) in [6, 6.07) is 7.10. The average molecular weight is 326 g/mol. The van der Waals surface area contributed by atoms with Crippen LogP contribution in [0.25, 0.3) is 0 Å². The number of hydrogen-bond acceptors (Lipinski definition) is 2. The van der Waals surface area contributed by atoms with Gasteiger partial charge in [-0.25, -0.2) is 0 Å². The summed E-state index contributed by atoms with van der Waals surface area (Å²) in [5, 5.41) is 3.50. The monoisotopic (exact) mass is 325 g/mol. The molecule has 2 aliphatic rings. The van der Waals surface area contributed by atoms with Crippen molar-refractivity contribution in [2.24, 2.45) is 0 Å². The Kier molecular flexibility index (Phi) is 4.32. The van der Waals surface area contributed by atoms with Crippen molar-refractivity contribution in [2.45, 2.75) is 31.1 Å². The molecule has 18 heavy (non-hydrogen) atoms. The van der Waals surface area contributed by atoms with Crippen LogP contribution in [0.15, 0.2) is 22.7 Å². The highest BCUT2D eigenvalue weighted by molar-refractivity contribution is 9.10. The van der Waals surface area contributed by atoms with Gasteiger partial charge in [0, 0.05) is 16.8 Å². The van der Waals surface area contributed by atoms with E-state index >= 15 is 0 Å². The highest BCUT2D eigenvalue weighted by Crippen LogP contribution is 2.37. The minimum Gasteiger partial charge on any atom is -0.316 e. The Morgan fingerprint density at radius 3 is 2.83 bits per heavy atom. The minimum atomic E-state index is 0.710. The first kappa shape index (κ1) is 13.0. The number of benzene rings is 1. The summed E-state index contributed by atoms with van der Waals surface area (Å²) in [5.41, 5.74) is 3.02. The van der Waals surface area contributed by atoms with Crippen molar-refractivity contribution in [3.63, 3.8) is 0 Å². The molecule has 0 saturated carbocycles. The smallest absolute Gasteiger partial charge is 0.0213 e. The quantitative estimate of drug-likeness (QED) is 0.877. The molecule has 2 fully saturated rings. The van der Waals surface area contributed by atoms with E-state index in [-0.39, 0.29) is 0 Å². The summed E-state index contributed by atoms with van der Waals surface area (Å²) in [7, 11) is 0. The van der Waals surface area contributed by atoms with Gasteiger partial charge in [0.2, 0.25) is 0 Å². The lowest BCUT2D eigenvalue weighted by atomic mass is 9.89. The Bertz CT molecular complexity index is 409. The van der Waals surface area contributed by atoms with Crippen molar-refractivity contribution in [1.29, 1.82) is 0 Å². The van der Waals surface area contributed by atoms with E-state index in [1.54, 1.807) is 0 Å². The van der Waals surface area contributed by atoms with Crippen molar-refractivity contribution in [3.8, 4) is 0 Å². The van der Waals surface area contributed by atoms with Gasteiger partial charge in [-0.05, 0) is 60.6 Å². The van der Waals surface area contributed by atoms with Crippen molar-refractivity contribution in [1.82, 2.24) is 5.32 Å². The van der Waals surface area contributed by atoms with Gasteiger partial charge in [-0.3, -0.25) is 0 Å². The van der Waals surface area contributed by atoms with Crippen molar-refractivity contribution >= 4 is 27.7 Å². The van der Waals surface area contributed by atoms with Gasteiger partial charge in [-0.1, -0.05) is 28.1 Å². The summed E-state index contributed by atoms with van der Waals surface area (Å²) >= 11 is 5.88. The molecule has 0 aliphatic carbocycles. The van der Waals surface area contributed by atoms with Crippen LogP contribution < -0.4 is 5.32 Å². The van der Waals surface area contributed by atoms with Gasteiger partial charge in [-0.15, -0.1) is 0 Å². The molecular formula is C15H20BrNS. The first-order chi connectivity index (χ1) is 8.84. The maximum absolute atomic E-state index is 3.79. The van der Waals surface area contributed by atoms with Gasteiger partial charge in [0.1, 0.15) is 0 Å². The van der Waals surface area contributed by atoms with Crippen LogP contribution in [-0.4, -0.2) is 24.6 Å². The fourth-order valence-electron chi connectivity index (χ4n) is 3.04. The summed E-state index contributed by atoms with van der Waals surface area (Å²) in [6.45, 7) is 2.33. The highest BCUT2D eigenvalue weighted by atomic mass is 79.9. The number of piperidine rings is 1. The number of rotatable bonds is 2. The maximum Gasteiger partial charge on any atom is 0.0213 e. The third kappa shape index (κ3) is 2.78. The van der Waals surface area contributed by atoms with Gasteiger partial charge in [0.05, 0.1) is 0 Å². The second-order valence-electron chi connectivity index (χ2n) is 5.38. The molecule has 2 heterocycles. The normalized spacial score (nSPS) is 28.5. The first-order valence-corrected chi connectivity index (χ1v) is 8.87. The summed E-state index contributed by atoms with van der Waals surface area (Å²) in [5.74, 6) is 4.10. The van der Waals surface area contributed by atoms with E-state index in [0.29, 0.717) is 5.92 Å². The fourth-order valence-corrected chi connectivity index (χ4v) is 5.01. The zero-order valence-corrected chi connectivity index (χ0v) is 13.0. The maximum atomic E-state index is 3.79. The van der Waals surface area contributed by atoms with E-state index < -0.39 is 0 Å². The van der Waals surface area contributed by atoms with Crippen LogP contribution in [0.2, 0.25) is 0 Å². The van der Waals surface area contributed by atoms with E-state index in [0.717, 1.165) is 12.5 Å². The molecule has 1 aromatic carbocycles. The molecule has 3 heteroatoms. The fraction of sp³-hybridized carbons (Fsp3) is 0.600. The standard InChI is InChI=1S/C15H20BrNS/c16-15-8-11(12-2-1-6-17-9-12)3-4-14(15)13-5-7-18-10-13/h3-4,8,12-13,17H,1-2,5-7,9-10H2. The Morgan fingerprint density at radius 1 is 1.22 bits per heavy atom. The van der Waals surface area contributed by atoms with Gasteiger partial charge in [0.15, 0.2) is 0 Å². The average Bonchev–Trinajstić information content (AvgIpc) is 2.93. The lowest BCUT2D eigenvalue weighted by Gasteiger charge is -2.24. The molecule has 3 rings (SSSR count). The Balaban J connectivity index is 1.79. The lowest BCUT2D eigenvalue weighted by Crippen LogP contribution is -2.28. The van der Waals surface area contributed by atoms with Gasteiger partial charge < -0.3 is 5.32 Å². The SMILES string of the molecule is Brc1cc(C2CCCNC2)ccc1C1CCSC1. The summed E-state index contributed by atoms with van der Waals surface area (Å²) in [6.07, 6.45) is 3.98. The third-order valence-corrected chi connectivity index (χ3v) is 6.01. The van der Waals surface area contributed by atoms with Crippen LogP contribution in [0.4, 0.5) is 0 Å². The van der Waals surface area contributed by atoms with Crippen LogP contribution >= 0.6 is 27.7 Å². The molecule has 2 saturated heterocycles. The Labute approximate surface area is 122 Å².